The van der Waals surface area contributed by atoms with Crippen LogP contribution in [-0.4, -0.2) is 38.3 Å². The van der Waals surface area contributed by atoms with E-state index in [2.05, 4.69) is 11.0 Å². The Morgan fingerprint density at radius 2 is 2.20 bits per heavy atom. The molecular weight excluding hydrogens is 253 g/mol. The molecule has 0 saturated carbocycles. The van der Waals surface area contributed by atoms with E-state index in [0.717, 1.165) is 37.1 Å². The van der Waals surface area contributed by atoms with Crippen molar-refractivity contribution in [1.82, 2.24) is 4.90 Å². The Labute approximate surface area is 121 Å². The third-order valence-electron chi connectivity index (χ3n) is 4.20. The van der Waals surface area contributed by atoms with Crippen molar-refractivity contribution in [2.75, 3.05) is 33.4 Å². The maximum atomic E-state index is 13.5. The number of rotatable bonds is 7. The molecule has 1 aromatic carbocycles. The number of nitrogens with zero attached hydrogens (tertiary/aromatic N) is 1. The summed E-state index contributed by atoms with van der Waals surface area (Å²) in [5.74, 6) is 0.608. The fourth-order valence-electron chi connectivity index (χ4n) is 2.96. The summed E-state index contributed by atoms with van der Waals surface area (Å²) in [4.78, 5) is 2.53. The van der Waals surface area contributed by atoms with Crippen molar-refractivity contribution < 1.29 is 9.13 Å². The van der Waals surface area contributed by atoms with Gasteiger partial charge in [-0.15, -0.1) is 0 Å². The summed E-state index contributed by atoms with van der Waals surface area (Å²) in [7, 11) is 1.76. The van der Waals surface area contributed by atoms with Gasteiger partial charge in [-0.3, -0.25) is 0 Å². The predicted octanol–water partition coefficient (Wildman–Crippen LogP) is 3.43. The first kappa shape index (κ1) is 15.5. The van der Waals surface area contributed by atoms with E-state index in [1.807, 2.05) is 13.0 Å². The van der Waals surface area contributed by atoms with Crippen LogP contribution >= 0.6 is 0 Å². The monoisotopic (exact) mass is 279 g/mol. The van der Waals surface area contributed by atoms with Gasteiger partial charge in [-0.1, -0.05) is 12.1 Å². The Balaban J connectivity index is 1.74. The van der Waals surface area contributed by atoms with Crippen molar-refractivity contribution in [3.05, 3.63) is 35.1 Å². The van der Waals surface area contributed by atoms with Crippen LogP contribution in [0.25, 0.3) is 0 Å². The Hall–Kier alpha value is -0.930. The largest absolute Gasteiger partial charge is 0.385 e. The molecular formula is C17H26FNO. The van der Waals surface area contributed by atoms with Gasteiger partial charge in [0.05, 0.1) is 0 Å². The first-order valence-corrected chi connectivity index (χ1v) is 7.65. The zero-order chi connectivity index (χ0) is 14.4. The zero-order valence-corrected chi connectivity index (χ0v) is 12.7. The van der Waals surface area contributed by atoms with Gasteiger partial charge in [0.25, 0.3) is 0 Å². The number of ether oxygens (including phenoxy) is 1. The van der Waals surface area contributed by atoms with Gasteiger partial charge >= 0.3 is 0 Å². The normalized spacial score (nSPS) is 19.6. The topological polar surface area (TPSA) is 12.5 Å². The number of methoxy groups -OCH3 is 1. The lowest BCUT2D eigenvalue weighted by molar-refractivity contribution is 0.187. The summed E-state index contributed by atoms with van der Waals surface area (Å²) in [5.41, 5.74) is 1.87. The number of likely N-dealkylation sites (tertiary alicyclic amines) is 1. The van der Waals surface area contributed by atoms with Crippen molar-refractivity contribution in [1.29, 1.82) is 0 Å². The Morgan fingerprint density at radius 1 is 1.35 bits per heavy atom. The van der Waals surface area contributed by atoms with Gasteiger partial charge in [0.15, 0.2) is 0 Å². The lowest BCUT2D eigenvalue weighted by atomic mass is 9.98. The highest BCUT2D eigenvalue weighted by molar-refractivity contribution is 5.23. The molecule has 0 amide bonds. The van der Waals surface area contributed by atoms with E-state index >= 15 is 0 Å². The lowest BCUT2D eigenvalue weighted by Crippen LogP contribution is -2.22. The first-order valence-electron chi connectivity index (χ1n) is 7.65. The van der Waals surface area contributed by atoms with Gasteiger partial charge in [0.1, 0.15) is 5.82 Å². The van der Waals surface area contributed by atoms with Crippen LogP contribution in [0.2, 0.25) is 0 Å². The summed E-state index contributed by atoms with van der Waals surface area (Å²) in [6.45, 7) is 6.19. The van der Waals surface area contributed by atoms with E-state index < -0.39 is 0 Å². The molecule has 1 aliphatic rings. The van der Waals surface area contributed by atoms with Gasteiger partial charge in [-0.05, 0) is 68.8 Å². The second kappa shape index (κ2) is 7.75. The molecule has 1 aromatic rings. The maximum Gasteiger partial charge on any atom is 0.126 e. The molecule has 1 unspecified atom stereocenters. The molecule has 0 aromatic heterocycles. The van der Waals surface area contributed by atoms with E-state index in [-0.39, 0.29) is 5.82 Å². The van der Waals surface area contributed by atoms with Crippen molar-refractivity contribution >= 4 is 0 Å². The third kappa shape index (κ3) is 4.57. The van der Waals surface area contributed by atoms with Crippen molar-refractivity contribution in [3.8, 4) is 0 Å². The van der Waals surface area contributed by atoms with Gasteiger partial charge in [-0.25, -0.2) is 4.39 Å². The van der Waals surface area contributed by atoms with Crippen molar-refractivity contribution in [2.45, 2.75) is 32.6 Å². The minimum atomic E-state index is -0.0723. The second-order valence-corrected chi connectivity index (χ2v) is 5.94. The summed E-state index contributed by atoms with van der Waals surface area (Å²) in [6.07, 6.45) is 4.59. The molecule has 0 radical (unpaired) electrons. The summed E-state index contributed by atoms with van der Waals surface area (Å²) in [6, 6.07) is 5.67. The highest BCUT2D eigenvalue weighted by Gasteiger charge is 2.22. The number of halogens is 1. The van der Waals surface area contributed by atoms with Crippen LogP contribution in [0.5, 0.6) is 0 Å². The fraction of sp³-hybridized carbons (Fsp3) is 0.647. The molecule has 1 fully saturated rings. The predicted molar refractivity (Wildman–Crippen MR) is 80.5 cm³/mol. The Morgan fingerprint density at radius 3 is 2.95 bits per heavy atom. The second-order valence-electron chi connectivity index (χ2n) is 5.94. The van der Waals surface area contributed by atoms with Gasteiger partial charge < -0.3 is 9.64 Å². The molecule has 20 heavy (non-hydrogen) atoms. The standard InChI is InChI=1S/C17H26FNO/c1-14-5-6-15(12-17(14)18)11-16-7-9-19(13-16)8-3-4-10-20-2/h5-6,12,16H,3-4,7-11,13H2,1-2H3. The number of aryl methyl sites for hydroxylation is 1. The average molecular weight is 279 g/mol. The minimum Gasteiger partial charge on any atom is -0.385 e. The van der Waals surface area contributed by atoms with E-state index in [9.17, 15) is 4.39 Å². The van der Waals surface area contributed by atoms with Gasteiger partial charge in [0, 0.05) is 20.3 Å². The average Bonchev–Trinajstić information content (AvgIpc) is 2.87. The molecule has 0 N–H and O–H groups in total. The van der Waals surface area contributed by atoms with E-state index in [0.29, 0.717) is 5.92 Å². The Kier molecular flexibility index (Phi) is 5.99. The molecule has 0 aliphatic carbocycles. The van der Waals surface area contributed by atoms with Crippen LogP contribution in [0.3, 0.4) is 0 Å². The van der Waals surface area contributed by atoms with E-state index in [1.165, 1.54) is 25.9 Å². The molecule has 1 heterocycles. The molecule has 0 bridgehead atoms. The summed E-state index contributed by atoms with van der Waals surface area (Å²) in [5, 5.41) is 0. The van der Waals surface area contributed by atoms with Crippen LogP contribution in [0.1, 0.15) is 30.4 Å². The van der Waals surface area contributed by atoms with Crippen LogP contribution in [-0.2, 0) is 11.2 Å². The number of hydrogen-bond donors (Lipinski definition) is 0. The summed E-state index contributed by atoms with van der Waals surface area (Å²) < 4.78 is 18.6. The fourth-order valence-corrected chi connectivity index (χ4v) is 2.96. The molecule has 2 rings (SSSR count). The molecule has 112 valence electrons. The molecule has 0 spiro atoms. The van der Waals surface area contributed by atoms with Crippen LogP contribution in [0, 0.1) is 18.7 Å². The Bertz CT molecular complexity index is 421. The zero-order valence-electron chi connectivity index (χ0n) is 12.7. The molecule has 1 saturated heterocycles. The number of benzene rings is 1. The van der Waals surface area contributed by atoms with E-state index in [4.69, 9.17) is 4.74 Å². The molecule has 2 nitrogen and oxygen atoms in total. The quantitative estimate of drug-likeness (QED) is 0.709. The van der Waals surface area contributed by atoms with Crippen molar-refractivity contribution in [2.24, 2.45) is 5.92 Å². The van der Waals surface area contributed by atoms with Crippen molar-refractivity contribution in [3.63, 3.8) is 0 Å². The lowest BCUT2D eigenvalue weighted by Gasteiger charge is -2.16. The summed E-state index contributed by atoms with van der Waals surface area (Å²) >= 11 is 0. The smallest absolute Gasteiger partial charge is 0.126 e. The number of hydrogen-bond acceptors (Lipinski definition) is 2. The van der Waals surface area contributed by atoms with E-state index in [1.54, 1.807) is 13.2 Å². The number of unbranched alkanes of at least 4 members (excludes halogenated alkanes) is 1. The third-order valence-corrected chi connectivity index (χ3v) is 4.20. The molecule has 3 heteroatoms. The maximum absolute atomic E-state index is 13.5. The van der Waals surface area contributed by atoms with Gasteiger partial charge in [0.2, 0.25) is 0 Å². The molecule has 1 atom stereocenters. The highest BCUT2D eigenvalue weighted by Crippen LogP contribution is 2.22. The van der Waals surface area contributed by atoms with Crippen LogP contribution < -0.4 is 0 Å². The first-order chi connectivity index (χ1) is 9.69. The van der Waals surface area contributed by atoms with Crippen LogP contribution in [0.15, 0.2) is 18.2 Å². The SMILES string of the molecule is COCCCCN1CCC(Cc2ccc(C)c(F)c2)C1. The molecule has 1 aliphatic heterocycles. The minimum absolute atomic E-state index is 0.0723. The highest BCUT2D eigenvalue weighted by atomic mass is 19.1. The van der Waals surface area contributed by atoms with Crippen LogP contribution in [0.4, 0.5) is 4.39 Å². The van der Waals surface area contributed by atoms with Gasteiger partial charge in [-0.2, -0.15) is 0 Å².